The summed E-state index contributed by atoms with van der Waals surface area (Å²) in [6.07, 6.45) is 4.23. The Kier molecular flexibility index (Phi) is 7.58. The van der Waals surface area contributed by atoms with E-state index in [-0.39, 0.29) is 11.8 Å². The molecule has 2 aromatic carbocycles. The summed E-state index contributed by atoms with van der Waals surface area (Å²) in [6.45, 7) is 0. The predicted octanol–water partition coefficient (Wildman–Crippen LogP) is 7.65. The maximum Gasteiger partial charge on any atom is 0.149 e. The quantitative estimate of drug-likeness (QED) is 0.315. The molecule has 0 radical (unpaired) electrons. The van der Waals surface area contributed by atoms with E-state index >= 15 is 0 Å². The fourth-order valence-corrected chi connectivity index (χ4v) is 9.82. The van der Waals surface area contributed by atoms with Gasteiger partial charge in [-0.1, -0.05) is 92.5 Å². The highest BCUT2D eigenvalue weighted by atomic mass is 79.9. The summed E-state index contributed by atoms with van der Waals surface area (Å²) in [7, 11) is -0.869. The van der Waals surface area contributed by atoms with E-state index in [9.17, 15) is 4.79 Å². The molecule has 156 valence electrons. The lowest BCUT2D eigenvalue weighted by Crippen LogP contribution is -2.25. The van der Waals surface area contributed by atoms with Crippen molar-refractivity contribution in [3.05, 3.63) is 115 Å². The van der Waals surface area contributed by atoms with Crippen molar-refractivity contribution >= 4 is 59.4 Å². The Labute approximate surface area is 201 Å². The number of carbonyl (C=O) groups excluding carboxylic acids is 1. The SMILES string of the molecule is O=C(C(C[SH]1C=CC(Br)=C1)c1ccccc1)C(C[SH]1C=CC(Br)=C1)c1ccccc1. The summed E-state index contributed by atoms with van der Waals surface area (Å²) in [5.74, 6) is 1.86. The second kappa shape index (κ2) is 10.4. The molecule has 2 aliphatic heterocycles. The van der Waals surface area contributed by atoms with Crippen LogP contribution in [0.15, 0.2) is 103 Å². The van der Waals surface area contributed by atoms with Gasteiger partial charge in [-0.15, -0.1) is 0 Å². The standard InChI is InChI=1S/C25H24Br2OS2/c26-21-11-13-29(15-21)17-23(19-7-3-1-4-8-19)25(28)24(20-9-5-2-6-10-20)18-30-14-12-22(27)16-30/h1-16,23-24,29-30H,17-18H2. The van der Waals surface area contributed by atoms with E-state index in [0.717, 1.165) is 31.6 Å². The Balaban J connectivity index is 1.66. The molecule has 0 saturated carbocycles. The van der Waals surface area contributed by atoms with Crippen molar-refractivity contribution in [2.45, 2.75) is 11.8 Å². The van der Waals surface area contributed by atoms with Gasteiger partial charge in [0.15, 0.2) is 0 Å². The van der Waals surface area contributed by atoms with Gasteiger partial charge in [0.1, 0.15) is 5.78 Å². The molecule has 2 aliphatic rings. The van der Waals surface area contributed by atoms with Gasteiger partial charge in [0.25, 0.3) is 0 Å². The fraction of sp³-hybridized carbons (Fsp3) is 0.160. The molecule has 0 saturated heterocycles. The van der Waals surface area contributed by atoms with Crippen molar-refractivity contribution in [3.63, 3.8) is 0 Å². The van der Waals surface area contributed by atoms with Crippen LogP contribution in [-0.2, 0) is 4.79 Å². The maximum absolute atomic E-state index is 14.1. The van der Waals surface area contributed by atoms with Gasteiger partial charge in [0, 0.05) is 8.96 Å². The molecule has 4 rings (SSSR count). The lowest BCUT2D eigenvalue weighted by atomic mass is 9.85. The molecule has 2 heterocycles. The number of hydrogen-bond acceptors (Lipinski definition) is 1. The first-order chi connectivity index (χ1) is 14.6. The molecule has 0 aromatic heterocycles. The van der Waals surface area contributed by atoms with Crippen molar-refractivity contribution in [1.29, 1.82) is 0 Å². The molecule has 0 bridgehead atoms. The van der Waals surface area contributed by atoms with Crippen molar-refractivity contribution in [3.8, 4) is 0 Å². The minimum absolute atomic E-state index is 0.101. The van der Waals surface area contributed by atoms with Crippen LogP contribution in [0.3, 0.4) is 0 Å². The number of hydrogen-bond donors (Lipinski definition) is 2. The summed E-state index contributed by atoms with van der Waals surface area (Å²) in [4.78, 5) is 14.1. The zero-order valence-electron chi connectivity index (χ0n) is 16.4. The minimum Gasteiger partial charge on any atom is -0.298 e. The lowest BCUT2D eigenvalue weighted by molar-refractivity contribution is -0.121. The maximum atomic E-state index is 14.1. The molecule has 1 nitrogen and oxygen atoms in total. The van der Waals surface area contributed by atoms with Gasteiger partial charge in [-0.05, 0) is 56.4 Å². The van der Waals surface area contributed by atoms with Crippen LogP contribution in [0.4, 0.5) is 0 Å². The number of allylic oxidation sites excluding steroid dienone is 4. The summed E-state index contributed by atoms with van der Waals surface area (Å²) in [5, 5.41) is 9.03. The molecular weight excluding hydrogens is 540 g/mol. The molecule has 0 aliphatic carbocycles. The monoisotopic (exact) mass is 562 g/mol. The van der Waals surface area contributed by atoms with Gasteiger partial charge < -0.3 is 0 Å². The van der Waals surface area contributed by atoms with E-state index < -0.39 is 21.8 Å². The molecule has 5 heteroatoms. The Morgan fingerprint density at radius 3 is 1.43 bits per heavy atom. The number of Topliss-reactive ketones (excluding diaryl/α,β-unsaturated/α-hetero) is 1. The van der Waals surface area contributed by atoms with Gasteiger partial charge in [-0.2, -0.15) is 0 Å². The first-order valence-corrected chi connectivity index (χ1v) is 14.8. The van der Waals surface area contributed by atoms with Gasteiger partial charge in [-0.25, -0.2) is 21.8 Å². The van der Waals surface area contributed by atoms with Crippen molar-refractivity contribution in [2.75, 3.05) is 11.5 Å². The van der Waals surface area contributed by atoms with Gasteiger partial charge in [-0.3, -0.25) is 4.79 Å². The predicted molar refractivity (Wildman–Crippen MR) is 143 cm³/mol. The second-order valence-electron chi connectivity index (χ2n) is 7.38. The van der Waals surface area contributed by atoms with Crippen molar-refractivity contribution in [2.24, 2.45) is 0 Å². The molecule has 30 heavy (non-hydrogen) atoms. The van der Waals surface area contributed by atoms with E-state index in [1.165, 1.54) is 0 Å². The van der Waals surface area contributed by atoms with Crippen LogP contribution >= 0.6 is 53.6 Å². The van der Waals surface area contributed by atoms with Crippen LogP contribution in [-0.4, -0.2) is 17.3 Å². The second-order valence-corrected chi connectivity index (χ2v) is 13.1. The van der Waals surface area contributed by atoms with Crippen LogP contribution in [0.1, 0.15) is 23.0 Å². The Hall–Kier alpha value is -1.27. The van der Waals surface area contributed by atoms with Crippen LogP contribution in [0, 0.1) is 0 Å². The topological polar surface area (TPSA) is 17.1 Å². The lowest BCUT2D eigenvalue weighted by Gasteiger charge is -2.27. The number of thiol groups is 2. The Bertz CT molecular complexity index is 930. The van der Waals surface area contributed by atoms with Crippen LogP contribution in [0.25, 0.3) is 0 Å². The average Bonchev–Trinajstić information content (AvgIpc) is 3.38. The third kappa shape index (κ3) is 5.50. The van der Waals surface area contributed by atoms with Gasteiger partial charge in [0.05, 0.1) is 11.8 Å². The Morgan fingerprint density at radius 1 is 0.700 bits per heavy atom. The minimum atomic E-state index is -0.434. The van der Waals surface area contributed by atoms with Crippen LogP contribution < -0.4 is 0 Å². The van der Waals surface area contributed by atoms with Gasteiger partial charge >= 0.3 is 0 Å². The zero-order valence-corrected chi connectivity index (χ0v) is 21.3. The van der Waals surface area contributed by atoms with E-state index in [4.69, 9.17) is 0 Å². The number of halogens is 2. The zero-order chi connectivity index (χ0) is 20.9. The fourth-order valence-electron chi connectivity index (χ4n) is 3.80. The highest BCUT2D eigenvalue weighted by Crippen LogP contribution is 2.46. The smallest absolute Gasteiger partial charge is 0.149 e. The summed E-state index contributed by atoms with van der Waals surface area (Å²) >= 11 is 7.16. The van der Waals surface area contributed by atoms with E-state index in [1.54, 1.807) is 0 Å². The van der Waals surface area contributed by atoms with Crippen molar-refractivity contribution in [1.82, 2.24) is 0 Å². The first kappa shape index (κ1) is 21.9. The third-order valence-corrected chi connectivity index (χ3v) is 10.9. The third-order valence-electron chi connectivity index (χ3n) is 5.31. The highest BCUT2D eigenvalue weighted by molar-refractivity contribution is 9.12. The van der Waals surface area contributed by atoms with Crippen molar-refractivity contribution < 1.29 is 4.79 Å². The Morgan fingerprint density at radius 2 is 1.10 bits per heavy atom. The molecule has 2 aromatic rings. The molecule has 0 amide bonds. The molecular formula is C25H24Br2OS2. The number of benzene rings is 2. The molecule has 0 fully saturated rings. The van der Waals surface area contributed by atoms with Crippen LogP contribution in [0.2, 0.25) is 0 Å². The summed E-state index contributed by atoms with van der Waals surface area (Å²) in [5.41, 5.74) is 2.25. The average molecular weight is 564 g/mol. The van der Waals surface area contributed by atoms with E-state index in [2.05, 4.69) is 89.9 Å². The highest BCUT2D eigenvalue weighted by Gasteiger charge is 2.31. The summed E-state index contributed by atoms with van der Waals surface area (Å²) in [6, 6.07) is 20.6. The van der Waals surface area contributed by atoms with E-state index in [1.807, 2.05) is 36.4 Å². The number of rotatable bonds is 8. The number of carbonyl (C=O) groups is 1. The van der Waals surface area contributed by atoms with E-state index in [0.29, 0.717) is 5.78 Å². The number of ketones is 1. The normalized spacial score (nSPS) is 24.3. The molecule has 0 spiro atoms. The van der Waals surface area contributed by atoms with Gasteiger partial charge in [0.2, 0.25) is 0 Å². The summed E-state index contributed by atoms with van der Waals surface area (Å²) < 4.78 is 2.25. The molecule has 4 atom stereocenters. The largest absolute Gasteiger partial charge is 0.298 e. The molecule has 4 unspecified atom stereocenters. The van der Waals surface area contributed by atoms with Crippen LogP contribution in [0.5, 0.6) is 0 Å². The first-order valence-electron chi connectivity index (χ1n) is 9.86. The molecule has 0 N–H and O–H groups in total.